The van der Waals surface area contributed by atoms with Crippen LogP contribution < -0.4 is 0 Å². The summed E-state index contributed by atoms with van der Waals surface area (Å²) in [5.41, 5.74) is 2.49. The minimum absolute atomic E-state index is 0.0118. The molecule has 1 N–H and O–H groups in total. The summed E-state index contributed by atoms with van der Waals surface area (Å²) in [4.78, 5) is 14.8. The van der Waals surface area contributed by atoms with E-state index in [4.69, 9.17) is 16.3 Å². The summed E-state index contributed by atoms with van der Waals surface area (Å²) in [5.74, 6) is 1.80. The predicted octanol–water partition coefficient (Wildman–Crippen LogP) is 2.28. The molecule has 0 heterocycles. The molecule has 4 nitrogen and oxygen atoms in total. The highest BCUT2D eigenvalue weighted by atomic mass is 16.5. The highest BCUT2D eigenvalue weighted by Gasteiger charge is 2.31. The van der Waals surface area contributed by atoms with Crippen molar-refractivity contribution >= 4 is 12.2 Å². The van der Waals surface area contributed by atoms with Crippen LogP contribution in [0.2, 0.25) is 0 Å². The Labute approximate surface area is 124 Å². The SMILES string of the molecule is C#CCN=C[C@H]1c2ccccc2C[C@H]1OCCCC(=O)O. The van der Waals surface area contributed by atoms with Crippen molar-refractivity contribution in [1.29, 1.82) is 0 Å². The van der Waals surface area contributed by atoms with Crippen LogP contribution >= 0.6 is 0 Å². The molecule has 4 heteroatoms. The Morgan fingerprint density at radius 1 is 1.52 bits per heavy atom. The number of terminal acetylenes is 1. The summed E-state index contributed by atoms with van der Waals surface area (Å²) in [6.07, 6.45) is 8.59. The first kappa shape index (κ1) is 15.3. The number of benzene rings is 1. The van der Waals surface area contributed by atoms with E-state index in [0.717, 1.165) is 6.42 Å². The van der Waals surface area contributed by atoms with Gasteiger partial charge in [0.2, 0.25) is 0 Å². The van der Waals surface area contributed by atoms with E-state index in [1.807, 2.05) is 18.3 Å². The van der Waals surface area contributed by atoms with Gasteiger partial charge in [0.15, 0.2) is 0 Å². The molecule has 0 amide bonds. The molecule has 0 bridgehead atoms. The van der Waals surface area contributed by atoms with Gasteiger partial charge in [-0.3, -0.25) is 9.79 Å². The predicted molar refractivity (Wildman–Crippen MR) is 81.7 cm³/mol. The fourth-order valence-electron chi connectivity index (χ4n) is 2.61. The van der Waals surface area contributed by atoms with Gasteiger partial charge in [0, 0.05) is 25.2 Å². The molecule has 1 aliphatic carbocycles. The summed E-state index contributed by atoms with van der Waals surface area (Å²) in [6, 6.07) is 8.20. The van der Waals surface area contributed by atoms with Crippen LogP contribution in [0, 0.1) is 12.3 Å². The lowest BCUT2D eigenvalue weighted by Crippen LogP contribution is -2.20. The van der Waals surface area contributed by atoms with Crippen molar-refractivity contribution in [3.8, 4) is 12.3 Å². The smallest absolute Gasteiger partial charge is 0.303 e. The van der Waals surface area contributed by atoms with Crippen LogP contribution in [-0.2, 0) is 16.0 Å². The Kier molecular flexibility index (Phi) is 5.53. The zero-order valence-electron chi connectivity index (χ0n) is 11.9. The molecule has 0 aromatic heterocycles. The Morgan fingerprint density at radius 2 is 2.33 bits per heavy atom. The maximum Gasteiger partial charge on any atom is 0.303 e. The number of carbonyl (C=O) groups is 1. The minimum Gasteiger partial charge on any atom is -0.481 e. The standard InChI is InChI=1S/C17H19NO3/c1-2-9-18-12-15-14-7-4-3-6-13(14)11-16(15)21-10-5-8-17(19)20/h1,3-4,6-7,12,15-16H,5,8-11H2,(H,19,20)/t15-,16+/m0/s1. The average Bonchev–Trinajstić information content (AvgIpc) is 2.82. The lowest BCUT2D eigenvalue weighted by molar-refractivity contribution is -0.137. The second-order valence-corrected chi connectivity index (χ2v) is 5.03. The van der Waals surface area contributed by atoms with Crippen LogP contribution in [0.25, 0.3) is 0 Å². The Bertz CT molecular complexity index is 559. The van der Waals surface area contributed by atoms with Crippen molar-refractivity contribution in [1.82, 2.24) is 0 Å². The third kappa shape index (κ3) is 4.17. The summed E-state index contributed by atoms with van der Waals surface area (Å²) in [6.45, 7) is 0.814. The van der Waals surface area contributed by atoms with Gasteiger partial charge in [0.1, 0.15) is 0 Å². The van der Waals surface area contributed by atoms with Crippen LogP contribution in [0.1, 0.15) is 29.9 Å². The number of carboxylic acid groups (broad SMARTS) is 1. The van der Waals surface area contributed by atoms with Crippen LogP contribution in [0.5, 0.6) is 0 Å². The average molecular weight is 285 g/mol. The fourth-order valence-corrected chi connectivity index (χ4v) is 2.61. The van der Waals surface area contributed by atoms with E-state index in [0.29, 0.717) is 19.6 Å². The zero-order chi connectivity index (χ0) is 15.1. The fraction of sp³-hybridized carbons (Fsp3) is 0.412. The lowest BCUT2D eigenvalue weighted by Gasteiger charge is -2.17. The van der Waals surface area contributed by atoms with Gasteiger partial charge in [-0.2, -0.15) is 0 Å². The number of fused-ring (bicyclic) bond motifs is 1. The van der Waals surface area contributed by atoms with E-state index < -0.39 is 5.97 Å². The topological polar surface area (TPSA) is 58.9 Å². The monoisotopic (exact) mass is 285 g/mol. The van der Waals surface area contributed by atoms with E-state index in [2.05, 4.69) is 23.0 Å². The number of aliphatic imine (C=N–C) groups is 1. The minimum atomic E-state index is -0.791. The van der Waals surface area contributed by atoms with Gasteiger partial charge in [-0.1, -0.05) is 30.2 Å². The molecule has 1 aromatic rings. The highest BCUT2D eigenvalue weighted by Crippen LogP contribution is 2.34. The number of carboxylic acids is 1. The molecule has 0 saturated carbocycles. The van der Waals surface area contributed by atoms with E-state index in [9.17, 15) is 4.79 Å². The maximum atomic E-state index is 10.5. The molecule has 0 fully saturated rings. The molecular formula is C17H19NO3. The number of aliphatic carboxylic acids is 1. The van der Waals surface area contributed by atoms with Gasteiger partial charge in [-0.05, 0) is 24.0 Å². The molecule has 1 aromatic carbocycles. The van der Waals surface area contributed by atoms with Crippen molar-refractivity contribution in [2.75, 3.05) is 13.2 Å². The van der Waals surface area contributed by atoms with Crippen molar-refractivity contribution in [2.24, 2.45) is 4.99 Å². The molecule has 1 aliphatic rings. The van der Waals surface area contributed by atoms with Crippen LogP contribution in [0.3, 0.4) is 0 Å². The van der Waals surface area contributed by atoms with Gasteiger partial charge in [-0.15, -0.1) is 6.42 Å². The first-order valence-corrected chi connectivity index (χ1v) is 7.07. The number of hydrogen-bond acceptors (Lipinski definition) is 3. The third-order valence-corrected chi connectivity index (χ3v) is 3.55. The van der Waals surface area contributed by atoms with Gasteiger partial charge < -0.3 is 9.84 Å². The molecule has 2 rings (SSSR count). The van der Waals surface area contributed by atoms with E-state index in [-0.39, 0.29) is 18.4 Å². The number of hydrogen-bond donors (Lipinski definition) is 1. The highest BCUT2D eigenvalue weighted by molar-refractivity contribution is 5.71. The Hall–Kier alpha value is -2.12. The number of rotatable bonds is 7. The number of nitrogens with zero attached hydrogens (tertiary/aromatic N) is 1. The quantitative estimate of drug-likeness (QED) is 0.475. The molecule has 110 valence electrons. The molecule has 0 unspecified atom stereocenters. The van der Waals surface area contributed by atoms with Gasteiger partial charge in [0.05, 0.1) is 12.6 Å². The maximum absolute atomic E-state index is 10.5. The normalized spacial score (nSPS) is 20.3. The molecule has 0 spiro atoms. The molecule has 2 atom stereocenters. The molecule has 0 saturated heterocycles. The Morgan fingerprint density at radius 3 is 3.10 bits per heavy atom. The largest absolute Gasteiger partial charge is 0.481 e. The lowest BCUT2D eigenvalue weighted by atomic mass is 10.0. The van der Waals surface area contributed by atoms with E-state index in [1.165, 1.54) is 11.1 Å². The molecule has 21 heavy (non-hydrogen) atoms. The summed E-state index contributed by atoms with van der Waals surface area (Å²) in [5, 5.41) is 8.65. The number of ether oxygens (including phenoxy) is 1. The van der Waals surface area contributed by atoms with Crippen molar-refractivity contribution in [3.63, 3.8) is 0 Å². The van der Waals surface area contributed by atoms with Gasteiger partial charge in [0.25, 0.3) is 0 Å². The first-order valence-electron chi connectivity index (χ1n) is 7.07. The Balaban J connectivity index is 2.00. The van der Waals surface area contributed by atoms with E-state index in [1.54, 1.807) is 0 Å². The van der Waals surface area contributed by atoms with Gasteiger partial charge >= 0.3 is 5.97 Å². The summed E-state index contributed by atoms with van der Waals surface area (Å²) < 4.78 is 5.87. The summed E-state index contributed by atoms with van der Waals surface area (Å²) in [7, 11) is 0. The van der Waals surface area contributed by atoms with Crippen molar-refractivity contribution < 1.29 is 14.6 Å². The second kappa shape index (κ2) is 7.61. The molecule has 0 aliphatic heterocycles. The van der Waals surface area contributed by atoms with E-state index >= 15 is 0 Å². The van der Waals surface area contributed by atoms with Crippen LogP contribution in [0.4, 0.5) is 0 Å². The van der Waals surface area contributed by atoms with Gasteiger partial charge in [-0.25, -0.2) is 0 Å². The van der Waals surface area contributed by atoms with Crippen molar-refractivity contribution in [2.45, 2.75) is 31.3 Å². The zero-order valence-corrected chi connectivity index (χ0v) is 11.9. The first-order chi connectivity index (χ1) is 10.2. The van der Waals surface area contributed by atoms with Crippen LogP contribution in [0.15, 0.2) is 29.3 Å². The molecular weight excluding hydrogens is 266 g/mol. The van der Waals surface area contributed by atoms with Crippen molar-refractivity contribution in [3.05, 3.63) is 35.4 Å². The summed E-state index contributed by atoms with van der Waals surface area (Å²) >= 11 is 0. The molecule has 0 radical (unpaired) electrons. The third-order valence-electron chi connectivity index (χ3n) is 3.55. The van der Waals surface area contributed by atoms with Crippen LogP contribution in [-0.4, -0.2) is 36.5 Å². The second-order valence-electron chi connectivity index (χ2n) is 5.03.